The topological polar surface area (TPSA) is 157 Å². The summed E-state index contributed by atoms with van der Waals surface area (Å²) in [6.07, 6.45) is 1.25. The monoisotopic (exact) mass is 537 g/mol. The lowest BCUT2D eigenvalue weighted by Crippen LogP contribution is -2.46. The molecule has 0 saturated carbocycles. The van der Waals surface area contributed by atoms with Crippen LogP contribution in [0.25, 0.3) is 0 Å². The number of methoxy groups -OCH3 is 1. The molecule has 2 amide bonds. The molecule has 0 spiro atoms. The highest BCUT2D eigenvalue weighted by molar-refractivity contribution is 5.83. The molecule has 0 heterocycles. The van der Waals surface area contributed by atoms with Crippen LogP contribution in [0.1, 0.15) is 66.4 Å². The number of primary amides is 1. The first-order valence-electron chi connectivity index (χ1n) is 13.6. The highest BCUT2D eigenvalue weighted by atomic mass is 16.5. The largest absolute Gasteiger partial charge is 0.493 e. The molecule has 0 unspecified atom stereocenters. The van der Waals surface area contributed by atoms with E-state index in [0.717, 1.165) is 12.0 Å². The predicted octanol–water partition coefficient (Wildman–Crippen LogP) is 2.64. The number of hydrogen-bond donors (Lipinski definition) is 5. The van der Waals surface area contributed by atoms with Gasteiger partial charge in [-0.25, -0.2) is 0 Å². The molecule has 0 aliphatic heterocycles. The molecule has 218 valence electrons. The van der Waals surface area contributed by atoms with Crippen LogP contribution in [0, 0.1) is 29.1 Å². The van der Waals surface area contributed by atoms with Crippen LogP contribution < -0.4 is 26.3 Å². The Kier molecular flexibility index (Phi) is 14.1. The molecule has 1 rings (SSSR count). The van der Waals surface area contributed by atoms with Crippen molar-refractivity contribution in [2.75, 3.05) is 26.9 Å². The van der Waals surface area contributed by atoms with E-state index in [4.69, 9.17) is 26.0 Å². The van der Waals surface area contributed by atoms with Crippen molar-refractivity contribution in [2.45, 2.75) is 79.4 Å². The van der Waals surface area contributed by atoms with Gasteiger partial charge in [0.2, 0.25) is 11.8 Å². The van der Waals surface area contributed by atoms with Gasteiger partial charge < -0.3 is 36.5 Å². The number of rotatable bonds is 18. The number of ether oxygens (including phenoxy) is 2. The smallest absolute Gasteiger partial charge is 0.224 e. The van der Waals surface area contributed by atoms with E-state index < -0.39 is 29.4 Å². The van der Waals surface area contributed by atoms with E-state index in [2.05, 4.69) is 19.2 Å². The minimum atomic E-state index is -0.859. The van der Waals surface area contributed by atoms with Crippen molar-refractivity contribution >= 4 is 11.8 Å². The van der Waals surface area contributed by atoms with Crippen molar-refractivity contribution in [1.29, 1.82) is 0 Å². The van der Waals surface area contributed by atoms with Crippen LogP contribution >= 0.6 is 0 Å². The molecule has 9 heteroatoms. The molecule has 4 atom stereocenters. The Bertz CT molecular complexity index is 874. The first kappa shape index (κ1) is 33.7. The van der Waals surface area contributed by atoms with E-state index in [1.165, 1.54) is 0 Å². The van der Waals surface area contributed by atoms with Crippen LogP contribution in [0.15, 0.2) is 18.2 Å². The Labute approximate surface area is 228 Å². The second-order valence-corrected chi connectivity index (χ2v) is 11.6. The van der Waals surface area contributed by atoms with Crippen LogP contribution in [0.4, 0.5) is 0 Å². The summed E-state index contributed by atoms with van der Waals surface area (Å²) in [4.78, 5) is 24.5. The number of carbonyl (C=O) groups excluding carboxylic acids is 2. The summed E-state index contributed by atoms with van der Waals surface area (Å²) in [5.41, 5.74) is 12.1. The van der Waals surface area contributed by atoms with Gasteiger partial charge in [-0.2, -0.15) is 0 Å². The number of nitrogens with one attached hydrogen (secondary N) is 1. The maximum absolute atomic E-state index is 12.9. The Morgan fingerprint density at radius 3 is 2.26 bits per heavy atom. The van der Waals surface area contributed by atoms with Gasteiger partial charge in [-0.1, -0.05) is 33.8 Å². The van der Waals surface area contributed by atoms with E-state index >= 15 is 0 Å². The maximum Gasteiger partial charge on any atom is 0.224 e. The zero-order valence-corrected chi connectivity index (χ0v) is 24.3. The molecule has 0 aliphatic carbocycles. The molecule has 0 radical (unpaired) electrons. The third kappa shape index (κ3) is 10.8. The quantitative estimate of drug-likeness (QED) is 0.180. The van der Waals surface area contributed by atoms with Gasteiger partial charge in [-0.15, -0.1) is 0 Å². The lowest BCUT2D eigenvalue weighted by Gasteiger charge is -2.30. The SMILES string of the molecule is COc1ccc(C[C@@H](C[C@H](N)[C@@H](O)C[C@H](C(=O)NCC(C)(C)C(N)=O)C(C)C)C(C)C)cc1OCCCO. The molecule has 1 aromatic rings. The lowest BCUT2D eigenvalue weighted by atomic mass is 9.80. The van der Waals surface area contributed by atoms with E-state index in [0.29, 0.717) is 36.9 Å². The molecule has 0 aromatic heterocycles. The second-order valence-electron chi connectivity index (χ2n) is 11.6. The molecular weight excluding hydrogens is 486 g/mol. The summed E-state index contributed by atoms with van der Waals surface area (Å²) in [6.45, 7) is 12.1. The van der Waals surface area contributed by atoms with Gasteiger partial charge in [0.05, 0.1) is 25.2 Å². The second kappa shape index (κ2) is 15.9. The van der Waals surface area contributed by atoms with Crippen LogP contribution in [0.5, 0.6) is 11.5 Å². The van der Waals surface area contributed by atoms with Gasteiger partial charge in [-0.3, -0.25) is 9.59 Å². The minimum absolute atomic E-state index is 0.0158. The standard InChI is InChI=1S/C29H51N3O6/c1-18(2)21(13-20-9-10-25(37-7)26(14-20)38-12-8-11-33)15-23(30)24(34)16-22(19(3)4)27(35)32-17-29(5,6)28(31)36/h9-10,14,18-19,21-24,33-34H,8,11-13,15-17,30H2,1-7H3,(H2,31,36)(H,32,35)/t21-,22-,23-,24-/m0/s1. The zero-order valence-electron chi connectivity index (χ0n) is 24.3. The molecule has 7 N–H and O–H groups in total. The van der Waals surface area contributed by atoms with Crippen LogP contribution in [-0.2, 0) is 16.0 Å². The van der Waals surface area contributed by atoms with Gasteiger partial charge in [0.15, 0.2) is 11.5 Å². The Balaban J connectivity index is 2.87. The number of benzene rings is 1. The predicted molar refractivity (Wildman–Crippen MR) is 150 cm³/mol. The Morgan fingerprint density at radius 2 is 1.74 bits per heavy atom. The van der Waals surface area contributed by atoms with E-state index in [-0.39, 0.29) is 37.3 Å². The molecule has 0 bridgehead atoms. The summed E-state index contributed by atoms with van der Waals surface area (Å²) in [5.74, 6) is 0.618. The zero-order chi connectivity index (χ0) is 29.0. The normalized spacial score (nSPS) is 15.2. The van der Waals surface area contributed by atoms with E-state index in [1.54, 1.807) is 21.0 Å². The fourth-order valence-electron chi connectivity index (χ4n) is 4.25. The van der Waals surface area contributed by atoms with Crippen molar-refractivity contribution in [3.05, 3.63) is 23.8 Å². The number of nitrogens with two attached hydrogens (primary N) is 2. The highest BCUT2D eigenvalue weighted by Gasteiger charge is 2.32. The first-order valence-corrected chi connectivity index (χ1v) is 13.6. The van der Waals surface area contributed by atoms with Crippen molar-refractivity contribution in [2.24, 2.45) is 40.6 Å². The summed E-state index contributed by atoms with van der Waals surface area (Å²) in [6, 6.07) is 5.33. The summed E-state index contributed by atoms with van der Waals surface area (Å²) >= 11 is 0. The summed E-state index contributed by atoms with van der Waals surface area (Å²) < 4.78 is 11.2. The highest BCUT2D eigenvalue weighted by Crippen LogP contribution is 2.31. The maximum atomic E-state index is 12.9. The molecule has 9 nitrogen and oxygen atoms in total. The Morgan fingerprint density at radius 1 is 1.08 bits per heavy atom. The molecule has 0 aliphatic rings. The van der Waals surface area contributed by atoms with Gasteiger partial charge in [-0.05, 0) is 68.6 Å². The lowest BCUT2D eigenvalue weighted by molar-refractivity contribution is -0.130. The van der Waals surface area contributed by atoms with Crippen LogP contribution in [0.2, 0.25) is 0 Å². The third-order valence-corrected chi connectivity index (χ3v) is 7.31. The summed E-state index contributed by atoms with van der Waals surface area (Å²) in [7, 11) is 1.59. The van der Waals surface area contributed by atoms with E-state index in [1.807, 2.05) is 32.0 Å². The average molecular weight is 538 g/mol. The van der Waals surface area contributed by atoms with Crippen molar-refractivity contribution in [3.8, 4) is 11.5 Å². The van der Waals surface area contributed by atoms with Crippen LogP contribution in [0.3, 0.4) is 0 Å². The van der Waals surface area contributed by atoms with Gasteiger partial charge in [0, 0.05) is 31.5 Å². The number of aliphatic hydroxyl groups excluding tert-OH is 2. The van der Waals surface area contributed by atoms with Gasteiger partial charge in [0.25, 0.3) is 0 Å². The Hall–Kier alpha value is -2.36. The minimum Gasteiger partial charge on any atom is -0.493 e. The van der Waals surface area contributed by atoms with Gasteiger partial charge in [0.1, 0.15) is 0 Å². The average Bonchev–Trinajstić information content (AvgIpc) is 2.85. The number of amides is 2. The molecule has 38 heavy (non-hydrogen) atoms. The fraction of sp³-hybridized carbons (Fsp3) is 0.724. The fourth-order valence-corrected chi connectivity index (χ4v) is 4.25. The number of carbonyl (C=O) groups is 2. The molecule has 0 saturated heterocycles. The molecule has 0 fully saturated rings. The van der Waals surface area contributed by atoms with Crippen molar-refractivity contribution in [1.82, 2.24) is 5.32 Å². The molecule has 1 aromatic carbocycles. The first-order chi connectivity index (χ1) is 17.7. The number of hydrogen-bond acceptors (Lipinski definition) is 7. The third-order valence-electron chi connectivity index (χ3n) is 7.31. The number of aliphatic hydroxyl groups is 2. The summed E-state index contributed by atoms with van der Waals surface area (Å²) in [5, 5.41) is 22.9. The van der Waals surface area contributed by atoms with Crippen molar-refractivity contribution in [3.63, 3.8) is 0 Å². The van der Waals surface area contributed by atoms with Gasteiger partial charge >= 0.3 is 0 Å². The van der Waals surface area contributed by atoms with Crippen molar-refractivity contribution < 1.29 is 29.3 Å². The van der Waals surface area contributed by atoms with Crippen LogP contribution in [-0.4, -0.2) is 61.0 Å². The van der Waals surface area contributed by atoms with E-state index in [9.17, 15) is 14.7 Å². The molecular formula is C29H51N3O6.